The molecule has 0 saturated heterocycles. The Bertz CT molecular complexity index is 359. The molecule has 1 N–H and O–H groups in total. The van der Waals surface area contributed by atoms with E-state index in [0.717, 1.165) is 18.4 Å². The largest absolute Gasteiger partial charge is 0.384 e. The Morgan fingerprint density at radius 1 is 1.40 bits per heavy atom. The monoisotopic (exact) mass is 224 g/mol. The van der Waals surface area contributed by atoms with Crippen LogP contribution in [0, 0.1) is 5.92 Å². The van der Waals surface area contributed by atoms with Crippen LogP contribution in [-0.4, -0.2) is 21.3 Å². The highest BCUT2D eigenvalue weighted by Gasteiger charge is 2.45. The Balaban J connectivity index is 2.30. The van der Waals surface area contributed by atoms with Crippen molar-refractivity contribution in [3.8, 4) is 0 Å². The van der Waals surface area contributed by atoms with Crippen molar-refractivity contribution in [1.82, 2.24) is 0 Å². The molecule has 2 rings (SSSR count). The van der Waals surface area contributed by atoms with Crippen LogP contribution in [0.4, 0.5) is 0 Å². The van der Waals surface area contributed by atoms with Gasteiger partial charge in [-0.3, -0.25) is 4.21 Å². The summed E-state index contributed by atoms with van der Waals surface area (Å²) in [7, 11) is -0.966. The highest BCUT2D eigenvalue weighted by molar-refractivity contribution is 7.84. The van der Waals surface area contributed by atoms with Gasteiger partial charge in [0.15, 0.2) is 0 Å². The van der Waals surface area contributed by atoms with E-state index < -0.39 is 16.4 Å². The van der Waals surface area contributed by atoms with E-state index in [9.17, 15) is 9.32 Å². The lowest BCUT2D eigenvalue weighted by atomic mass is 9.91. The molecule has 2 nitrogen and oxygen atoms in total. The molecule has 0 bridgehead atoms. The fraction of sp³-hybridized carbons (Fsp3) is 0.500. The second-order valence-electron chi connectivity index (χ2n) is 4.28. The summed E-state index contributed by atoms with van der Waals surface area (Å²) in [5.41, 5.74) is 0.0311. The minimum atomic E-state index is -0.966. The van der Waals surface area contributed by atoms with Gasteiger partial charge in [-0.25, -0.2) is 0 Å². The molecule has 0 spiro atoms. The van der Waals surface area contributed by atoms with Crippen molar-refractivity contribution in [2.24, 2.45) is 5.92 Å². The third kappa shape index (κ3) is 2.29. The first-order valence-corrected chi connectivity index (χ1v) is 6.93. The number of benzene rings is 1. The normalized spacial score (nSPS) is 22.0. The van der Waals surface area contributed by atoms with Crippen molar-refractivity contribution in [1.29, 1.82) is 0 Å². The lowest BCUT2D eigenvalue weighted by molar-refractivity contribution is 0.0375. The molecule has 0 heterocycles. The van der Waals surface area contributed by atoms with Crippen LogP contribution in [0.2, 0.25) is 0 Å². The van der Waals surface area contributed by atoms with Crippen LogP contribution in [-0.2, 0) is 16.4 Å². The van der Waals surface area contributed by atoms with Crippen LogP contribution in [0.5, 0.6) is 0 Å². The van der Waals surface area contributed by atoms with Crippen molar-refractivity contribution < 1.29 is 9.32 Å². The highest BCUT2D eigenvalue weighted by atomic mass is 32.2. The molecule has 0 amide bonds. The fourth-order valence-corrected chi connectivity index (χ4v) is 3.06. The smallest absolute Gasteiger partial charge is 0.104 e. The zero-order valence-corrected chi connectivity index (χ0v) is 9.67. The van der Waals surface area contributed by atoms with E-state index in [0.29, 0.717) is 11.7 Å². The Kier molecular flexibility index (Phi) is 2.94. The van der Waals surface area contributed by atoms with Gasteiger partial charge in [-0.15, -0.1) is 0 Å². The number of aliphatic hydroxyl groups is 1. The Morgan fingerprint density at radius 2 is 2.00 bits per heavy atom. The summed E-state index contributed by atoms with van der Waals surface area (Å²) in [5.74, 6) is 0.644. The summed E-state index contributed by atoms with van der Waals surface area (Å²) < 4.78 is 11.3. The van der Waals surface area contributed by atoms with Gasteiger partial charge in [0.2, 0.25) is 0 Å². The molecule has 15 heavy (non-hydrogen) atoms. The van der Waals surface area contributed by atoms with Gasteiger partial charge in [-0.1, -0.05) is 30.3 Å². The average Bonchev–Trinajstić information content (AvgIpc) is 3.01. The van der Waals surface area contributed by atoms with E-state index in [1.165, 1.54) is 0 Å². The quantitative estimate of drug-likeness (QED) is 0.844. The van der Waals surface area contributed by atoms with Gasteiger partial charge in [0.1, 0.15) is 5.60 Å². The number of hydrogen-bond acceptors (Lipinski definition) is 2. The van der Waals surface area contributed by atoms with E-state index in [-0.39, 0.29) is 0 Å². The third-order valence-corrected chi connectivity index (χ3v) is 3.80. The molecule has 2 atom stereocenters. The first kappa shape index (κ1) is 10.8. The SMILES string of the molecule is C[S@@](=O)C[C@](O)(c1ccccc1)C1CC1. The van der Waals surface area contributed by atoms with Gasteiger partial charge >= 0.3 is 0 Å². The summed E-state index contributed by atoms with van der Waals surface area (Å²) in [6.45, 7) is 0. The Labute approximate surface area is 92.8 Å². The Morgan fingerprint density at radius 3 is 2.47 bits per heavy atom. The van der Waals surface area contributed by atoms with E-state index in [1.807, 2.05) is 30.3 Å². The van der Waals surface area contributed by atoms with Crippen LogP contribution >= 0.6 is 0 Å². The topological polar surface area (TPSA) is 37.3 Å². The molecule has 82 valence electrons. The standard InChI is InChI=1S/C12H16O2S/c1-15(14)9-12(13,11-7-8-11)10-5-3-2-4-6-10/h2-6,11,13H,7-9H2,1H3/t12-,15+/m0/s1. The highest BCUT2D eigenvalue weighted by Crippen LogP contribution is 2.46. The molecule has 1 saturated carbocycles. The van der Waals surface area contributed by atoms with E-state index >= 15 is 0 Å². The van der Waals surface area contributed by atoms with Crippen molar-refractivity contribution in [2.75, 3.05) is 12.0 Å². The predicted molar refractivity (Wildman–Crippen MR) is 62.0 cm³/mol. The minimum Gasteiger partial charge on any atom is -0.384 e. The second kappa shape index (κ2) is 4.06. The van der Waals surface area contributed by atoms with Crippen LogP contribution in [0.25, 0.3) is 0 Å². The lowest BCUT2D eigenvalue weighted by Crippen LogP contribution is -2.34. The van der Waals surface area contributed by atoms with Crippen molar-refractivity contribution in [2.45, 2.75) is 18.4 Å². The maximum atomic E-state index is 11.3. The third-order valence-electron chi connectivity index (χ3n) is 2.95. The Hall–Kier alpha value is -0.670. The molecule has 0 radical (unpaired) electrons. The summed E-state index contributed by atoms with van der Waals surface area (Å²) in [6, 6.07) is 9.61. The summed E-state index contributed by atoms with van der Waals surface area (Å²) in [6.07, 6.45) is 3.74. The number of hydrogen-bond donors (Lipinski definition) is 1. The van der Waals surface area contributed by atoms with Crippen LogP contribution in [0.1, 0.15) is 18.4 Å². The van der Waals surface area contributed by atoms with Gasteiger partial charge in [-0.2, -0.15) is 0 Å². The molecule has 1 aliphatic rings. The van der Waals surface area contributed by atoms with Gasteiger partial charge in [0.05, 0.1) is 5.75 Å². The van der Waals surface area contributed by atoms with Gasteiger partial charge in [0, 0.05) is 17.1 Å². The first-order chi connectivity index (χ1) is 7.13. The molecule has 3 heteroatoms. The maximum absolute atomic E-state index is 11.3. The average molecular weight is 224 g/mol. The van der Waals surface area contributed by atoms with Crippen LogP contribution in [0.3, 0.4) is 0 Å². The van der Waals surface area contributed by atoms with E-state index in [2.05, 4.69) is 0 Å². The maximum Gasteiger partial charge on any atom is 0.104 e. The zero-order chi connectivity index (χ0) is 10.9. The summed E-state index contributed by atoms with van der Waals surface area (Å²) >= 11 is 0. The van der Waals surface area contributed by atoms with Crippen LogP contribution in [0.15, 0.2) is 30.3 Å². The molecule has 0 aromatic heterocycles. The first-order valence-electron chi connectivity index (χ1n) is 5.21. The fourth-order valence-electron chi connectivity index (χ4n) is 2.03. The minimum absolute atomic E-state index is 0.295. The number of rotatable bonds is 4. The van der Waals surface area contributed by atoms with E-state index in [4.69, 9.17) is 0 Å². The van der Waals surface area contributed by atoms with Crippen molar-refractivity contribution in [3.05, 3.63) is 35.9 Å². The molecule has 0 aliphatic heterocycles. The van der Waals surface area contributed by atoms with Crippen molar-refractivity contribution in [3.63, 3.8) is 0 Å². The van der Waals surface area contributed by atoms with Gasteiger partial charge in [-0.05, 0) is 24.3 Å². The van der Waals surface area contributed by atoms with Gasteiger partial charge in [0.25, 0.3) is 0 Å². The molecule has 0 unspecified atom stereocenters. The molecule has 1 aromatic rings. The molecular weight excluding hydrogens is 208 g/mol. The van der Waals surface area contributed by atoms with Crippen LogP contribution < -0.4 is 0 Å². The summed E-state index contributed by atoms with van der Waals surface area (Å²) in [4.78, 5) is 0. The summed E-state index contributed by atoms with van der Waals surface area (Å²) in [5, 5.41) is 10.6. The second-order valence-corrected chi connectivity index (χ2v) is 5.72. The zero-order valence-electron chi connectivity index (χ0n) is 8.85. The van der Waals surface area contributed by atoms with Crippen molar-refractivity contribution >= 4 is 10.8 Å². The predicted octanol–water partition coefficient (Wildman–Crippen LogP) is 1.66. The lowest BCUT2D eigenvalue weighted by Gasteiger charge is -2.27. The van der Waals surface area contributed by atoms with E-state index in [1.54, 1.807) is 6.26 Å². The molecule has 1 aliphatic carbocycles. The molecule has 1 fully saturated rings. The molecular formula is C12H16O2S. The molecule has 1 aromatic carbocycles. The van der Waals surface area contributed by atoms with Gasteiger partial charge < -0.3 is 5.11 Å².